The smallest absolute Gasteiger partial charge is 0.322 e. The van der Waals surface area contributed by atoms with Crippen LogP contribution in [0.3, 0.4) is 0 Å². The van der Waals surface area contributed by atoms with Crippen molar-refractivity contribution in [2.45, 2.75) is 26.3 Å². The van der Waals surface area contributed by atoms with E-state index in [-0.39, 0.29) is 31.2 Å². The Hall–Kier alpha value is -2.52. The number of nitrogens with zero attached hydrogens (tertiary/aromatic N) is 4. The molecule has 0 bridgehead atoms. The molecule has 0 aliphatic heterocycles. The van der Waals surface area contributed by atoms with E-state index in [2.05, 4.69) is 20.8 Å². The third kappa shape index (κ3) is 5.42. The van der Waals surface area contributed by atoms with Gasteiger partial charge in [0.1, 0.15) is 6.54 Å². The predicted molar refractivity (Wildman–Crippen MR) is 63.4 cm³/mol. The van der Waals surface area contributed by atoms with Crippen molar-refractivity contribution < 1.29 is 24.2 Å². The van der Waals surface area contributed by atoms with Crippen LogP contribution in [0.4, 0.5) is 0 Å². The quantitative estimate of drug-likeness (QED) is 0.543. The number of aromatic nitrogens is 4. The first-order chi connectivity index (χ1) is 9.52. The predicted octanol–water partition coefficient (Wildman–Crippen LogP) is -1.63. The lowest BCUT2D eigenvalue weighted by Crippen LogP contribution is -2.31. The highest BCUT2D eigenvalue weighted by atomic mass is 16.5. The van der Waals surface area contributed by atoms with Gasteiger partial charge in [0, 0.05) is 0 Å². The third-order valence-corrected chi connectivity index (χ3v) is 2.19. The summed E-state index contributed by atoms with van der Waals surface area (Å²) in [5.41, 5.74) is 0. The van der Waals surface area contributed by atoms with Crippen molar-refractivity contribution in [1.29, 1.82) is 0 Å². The number of hydrogen-bond acceptors (Lipinski definition) is 7. The number of hydrogen-bond donors (Lipinski definition) is 2. The second-order valence-electron chi connectivity index (χ2n) is 3.72. The van der Waals surface area contributed by atoms with E-state index in [0.29, 0.717) is 6.61 Å². The van der Waals surface area contributed by atoms with Gasteiger partial charge in [-0.05, 0) is 17.4 Å². The molecule has 0 saturated heterocycles. The molecule has 0 aliphatic carbocycles. The molecule has 1 heterocycles. The summed E-state index contributed by atoms with van der Waals surface area (Å²) in [5, 5.41) is 21.3. The number of carboxylic acid groups (broad SMARTS) is 1. The van der Waals surface area contributed by atoms with Crippen molar-refractivity contribution in [2.75, 3.05) is 13.2 Å². The number of tetrazole rings is 1. The monoisotopic (exact) mass is 285 g/mol. The summed E-state index contributed by atoms with van der Waals surface area (Å²) >= 11 is 0. The zero-order valence-corrected chi connectivity index (χ0v) is 10.9. The molecule has 0 fully saturated rings. The van der Waals surface area contributed by atoms with E-state index < -0.39 is 18.4 Å². The van der Waals surface area contributed by atoms with E-state index in [9.17, 15) is 14.4 Å². The van der Waals surface area contributed by atoms with E-state index in [1.807, 2.05) is 0 Å². The molecule has 0 radical (unpaired) electrons. The van der Waals surface area contributed by atoms with Gasteiger partial charge in [0.15, 0.2) is 5.82 Å². The van der Waals surface area contributed by atoms with Gasteiger partial charge in [-0.3, -0.25) is 14.4 Å². The maximum atomic E-state index is 11.4. The van der Waals surface area contributed by atoms with Gasteiger partial charge in [-0.15, -0.1) is 5.10 Å². The van der Waals surface area contributed by atoms with E-state index in [1.165, 1.54) is 4.68 Å². The number of amides is 1. The Morgan fingerprint density at radius 3 is 2.80 bits per heavy atom. The van der Waals surface area contributed by atoms with Crippen LogP contribution in [0.25, 0.3) is 0 Å². The van der Waals surface area contributed by atoms with Crippen molar-refractivity contribution in [3.63, 3.8) is 0 Å². The van der Waals surface area contributed by atoms with Crippen LogP contribution in [0.1, 0.15) is 19.2 Å². The van der Waals surface area contributed by atoms with Gasteiger partial charge >= 0.3 is 11.9 Å². The molecule has 10 nitrogen and oxygen atoms in total. The molecular weight excluding hydrogens is 270 g/mol. The number of carbonyl (C=O) groups is 3. The minimum absolute atomic E-state index is 0.0859. The number of ether oxygens (including phenoxy) is 1. The molecule has 1 aromatic rings. The van der Waals surface area contributed by atoms with Crippen LogP contribution >= 0.6 is 0 Å². The number of rotatable bonds is 8. The molecular formula is C10H15N5O5. The molecule has 110 valence electrons. The average molecular weight is 285 g/mol. The second kappa shape index (κ2) is 7.81. The Balaban J connectivity index is 2.47. The largest absolute Gasteiger partial charge is 0.480 e. The highest BCUT2D eigenvalue weighted by molar-refractivity contribution is 5.82. The Morgan fingerprint density at radius 2 is 2.15 bits per heavy atom. The summed E-state index contributed by atoms with van der Waals surface area (Å²) in [6.07, 6.45) is -0.0776. The van der Waals surface area contributed by atoms with Crippen molar-refractivity contribution in [3.05, 3.63) is 5.82 Å². The zero-order chi connectivity index (χ0) is 15.0. The van der Waals surface area contributed by atoms with Crippen LogP contribution in [0.5, 0.6) is 0 Å². The van der Waals surface area contributed by atoms with Crippen LogP contribution in [0, 0.1) is 0 Å². The average Bonchev–Trinajstić information content (AvgIpc) is 2.81. The van der Waals surface area contributed by atoms with Crippen LogP contribution in [-0.2, 0) is 32.1 Å². The Kier molecular flexibility index (Phi) is 6.07. The normalized spacial score (nSPS) is 10.1. The van der Waals surface area contributed by atoms with Crippen molar-refractivity contribution in [3.8, 4) is 0 Å². The Labute approximate surface area is 114 Å². The first kappa shape index (κ1) is 15.5. The molecule has 20 heavy (non-hydrogen) atoms. The van der Waals surface area contributed by atoms with Crippen LogP contribution in [-0.4, -0.2) is 56.3 Å². The summed E-state index contributed by atoms with van der Waals surface area (Å²) in [4.78, 5) is 32.9. The standard InChI is InChI=1S/C10H15N5O5/c1-2-20-10(19)3-4-15-7(12-13-14-15)5-8(16)11-6-9(17)18/h2-6H2,1H3,(H,11,16)(H,17,18). The highest BCUT2D eigenvalue weighted by Crippen LogP contribution is 1.97. The molecule has 1 rings (SSSR count). The van der Waals surface area contributed by atoms with Crippen molar-refractivity contribution in [1.82, 2.24) is 25.5 Å². The Morgan fingerprint density at radius 1 is 1.40 bits per heavy atom. The molecule has 0 aliphatic rings. The first-order valence-electron chi connectivity index (χ1n) is 5.92. The topological polar surface area (TPSA) is 136 Å². The number of esters is 1. The van der Waals surface area contributed by atoms with Crippen LogP contribution in [0.2, 0.25) is 0 Å². The highest BCUT2D eigenvalue weighted by Gasteiger charge is 2.13. The van der Waals surface area contributed by atoms with E-state index in [0.717, 1.165) is 0 Å². The maximum Gasteiger partial charge on any atom is 0.322 e. The van der Waals surface area contributed by atoms with Gasteiger partial charge in [-0.25, -0.2) is 4.68 Å². The lowest BCUT2D eigenvalue weighted by molar-refractivity contribution is -0.143. The SMILES string of the molecule is CCOC(=O)CCn1nnnc1CC(=O)NCC(=O)O. The molecule has 2 N–H and O–H groups in total. The molecule has 1 aromatic heterocycles. The van der Waals surface area contributed by atoms with E-state index in [1.54, 1.807) is 6.92 Å². The van der Waals surface area contributed by atoms with Gasteiger partial charge in [-0.2, -0.15) is 0 Å². The van der Waals surface area contributed by atoms with Gasteiger partial charge < -0.3 is 15.2 Å². The minimum atomic E-state index is -1.14. The molecule has 10 heteroatoms. The fraction of sp³-hybridized carbons (Fsp3) is 0.600. The summed E-state index contributed by atoms with van der Waals surface area (Å²) < 4.78 is 6.06. The van der Waals surface area contributed by atoms with Crippen molar-refractivity contribution in [2.24, 2.45) is 0 Å². The fourth-order valence-corrected chi connectivity index (χ4v) is 1.33. The van der Waals surface area contributed by atoms with Crippen molar-refractivity contribution >= 4 is 17.8 Å². The number of carbonyl (C=O) groups excluding carboxylic acids is 2. The summed E-state index contributed by atoms with van der Waals surface area (Å²) in [6.45, 7) is 1.71. The summed E-state index contributed by atoms with van der Waals surface area (Å²) in [6, 6.07) is 0. The lowest BCUT2D eigenvalue weighted by atomic mass is 10.3. The molecule has 0 unspecified atom stereocenters. The minimum Gasteiger partial charge on any atom is -0.480 e. The summed E-state index contributed by atoms with van der Waals surface area (Å²) in [7, 11) is 0. The van der Waals surface area contributed by atoms with Gasteiger partial charge in [0.05, 0.1) is 26.0 Å². The third-order valence-electron chi connectivity index (χ3n) is 2.19. The Bertz CT molecular complexity index is 486. The number of aliphatic carboxylic acids is 1. The molecule has 0 aromatic carbocycles. The first-order valence-corrected chi connectivity index (χ1v) is 5.92. The van der Waals surface area contributed by atoms with Crippen LogP contribution < -0.4 is 5.32 Å². The zero-order valence-electron chi connectivity index (χ0n) is 10.9. The molecule has 0 saturated carbocycles. The number of carboxylic acids is 1. The molecule has 1 amide bonds. The molecule has 0 spiro atoms. The van der Waals surface area contributed by atoms with Gasteiger partial charge in [0.2, 0.25) is 5.91 Å². The van der Waals surface area contributed by atoms with Gasteiger partial charge in [0.25, 0.3) is 0 Å². The van der Waals surface area contributed by atoms with E-state index >= 15 is 0 Å². The summed E-state index contributed by atoms with van der Waals surface area (Å²) in [5.74, 6) is -1.79. The molecule has 0 atom stereocenters. The van der Waals surface area contributed by atoms with E-state index in [4.69, 9.17) is 9.84 Å². The van der Waals surface area contributed by atoms with Crippen LogP contribution in [0.15, 0.2) is 0 Å². The second-order valence-corrected chi connectivity index (χ2v) is 3.72. The van der Waals surface area contributed by atoms with Gasteiger partial charge in [-0.1, -0.05) is 0 Å². The lowest BCUT2D eigenvalue weighted by Gasteiger charge is -2.05. The fourth-order valence-electron chi connectivity index (χ4n) is 1.33. The number of nitrogens with one attached hydrogen (secondary N) is 1. The maximum absolute atomic E-state index is 11.4. The number of aryl methyl sites for hydroxylation is 1.